The van der Waals surface area contributed by atoms with Crippen LogP contribution in [0.1, 0.15) is 44.2 Å². The van der Waals surface area contributed by atoms with Gasteiger partial charge in [-0.05, 0) is 49.9 Å². The van der Waals surface area contributed by atoms with E-state index in [0.29, 0.717) is 56.6 Å². The number of rotatable bonds is 4. The number of fused-ring (bicyclic) bond motifs is 2. The third-order valence-corrected chi connectivity index (χ3v) is 9.41. The summed E-state index contributed by atoms with van der Waals surface area (Å²) in [4.78, 5) is 42.8. The summed E-state index contributed by atoms with van der Waals surface area (Å²) in [5.74, 6) is -1.17. The Kier molecular flexibility index (Phi) is 9.33. The lowest BCUT2D eigenvalue weighted by Crippen LogP contribution is -2.60. The molecule has 4 fully saturated rings. The van der Waals surface area contributed by atoms with Gasteiger partial charge in [0.05, 0.1) is 35.6 Å². The summed E-state index contributed by atoms with van der Waals surface area (Å²) >= 11 is 0. The Morgan fingerprint density at radius 2 is 1.69 bits per heavy atom. The number of hydrogen-bond acceptors (Lipinski definition) is 11. The predicted molar refractivity (Wildman–Crippen MR) is 157 cm³/mol. The molecule has 1 spiro atoms. The van der Waals surface area contributed by atoms with Crippen molar-refractivity contribution in [1.29, 1.82) is 0 Å². The second kappa shape index (κ2) is 13.4. The van der Waals surface area contributed by atoms with E-state index < -0.39 is 47.8 Å². The van der Waals surface area contributed by atoms with E-state index >= 15 is 0 Å². The van der Waals surface area contributed by atoms with Crippen LogP contribution in [-0.4, -0.2) is 128 Å². The molecule has 2 aromatic rings. The zero-order valence-electron chi connectivity index (χ0n) is 25.0. The summed E-state index contributed by atoms with van der Waals surface area (Å²) in [6.45, 7) is 2.67. The smallest absolute Gasteiger partial charge is 0.243 e. The van der Waals surface area contributed by atoms with Crippen LogP contribution in [0.5, 0.6) is 5.75 Å². The van der Waals surface area contributed by atoms with E-state index in [0.717, 1.165) is 12.8 Å². The fourth-order valence-electron chi connectivity index (χ4n) is 6.83. The molecule has 1 aromatic carbocycles. The molecule has 5 atom stereocenters. The molecular weight excluding hydrogens is 586 g/mol. The number of piperidine rings is 1. The maximum Gasteiger partial charge on any atom is 0.243 e. The molecule has 0 saturated carbocycles. The number of aromatic nitrogens is 3. The molecule has 1 aromatic heterocycles. The quantitative estimate of drug-likeness (QED) is 0.231. The number of carbonyl (C=O) groups excluding carboxylic acids is 3. The monoisotopic (exact) mass is 627 g/mol. The van der Waals surface area contributed by atoms with Gasteiger partial charge < -0.3 is 45.6 Å². The van der Waals surface area contributed by atoms with E-state index in [1.165, 1.54) is 16.8 Å². The molecule has 6 N–H and O–H groups in total. The Morgan fingerprint density at radius 3 is 2.42 bits per heavy atom. The molecule has 15 nitrogen and oxygen atoms in total. The normalized spacial score (nSPS) is 30.4. The molecule has 2 unspecified atom stereocenters. The third kappa shape index (κ3) is 7.28. The van der Waals surface area contributed by atoms with Gasteiger partial charge in [-0.3, -0.25) is 14.4 Å². The van der Waals surface area contributed by atoms with Crippen molar-refractivity contribution >= 4 is 17.7 Å². The molecule has 4 aliphatic rings. The van der Waals surface area contributed by atoms with Gasteiger partial charge in [-0.1, -0.05) is 5.21 Å². The molecule has 15 heteroatoms. The lowest BCUT2D eigenvalue weighted by molar-refractivity contribution is -0.133. The number of carbonyl (C=O) groups is 3. The van der Waals surface area contributed by atoms with E-state index in [2.05, 4.69) is 31.2 Å². The topological polar surface area (TPSA) is 200 Å². The number of amides is 3. The van der Waals surface area contributed by atoms with Crippen molar-refractivity contribution in [2.24, 2.45) is 0 Å². The number of nitrogens with zero attached hydrogens (tertiary/aromatic N) is 4. The van der Waals surface area contributed by atoms with Crippen molar-refractivity contribution < 1.29 is 39.2 Å². The number of hydrogen-bond donors (Lipinski definition) is 6. The molecular formula is C30H41N7O8. The Hall–Kier alpha value is -3.63. The summed E-state index contributed by atoms with van der Waals surface area (Å²) in [5.41, 5.74) is 0.221. The maximum absolute atomic E-state index is 13.6. The number of phenolic OH excluding ortho intramolecular Hbond substituents is 1. The Labute approximate surface area is 260 Å². The van der Waals surface area contributed by atoms with Gasteiger partial charge in [-0.15, -0.1) is 5.10 Å². The van der Waals surface area contributed by atoms with Crippen molar-refractivity contribution in [2.45, 2.75) is 87.0 Å². The Bertz CT molecular complexity index is 1360. The molecule has 0 aliphatic carbocycles. The van der Waals surface area contributed by atoms with Crippen molar-refractivity contribution in [3.8, 4) is 11.4 Å². The van der Waals surface area contributed by atoms with E-state index in [-0.39, 0.29) is 37.5 Å². The fraction of sp³-hybridized carbons (Fsp3) is 0.633. The largest absolute Gasteiger partial charge is 0.508 e. The fourth-order valence-corrected chi connectivity index (χ4v) is 6.83. The van der Waals surface area contributed by atoms with Crippen LogP contribution in [0.25, 0.3) is 5.69 Å². The standard InChI is InChI=1S/C30H41N7O8/c38-21-3-1-20(2-4-21)37-17-18(34-35-37)13-22-29(43)31-16-24-28(42)27(41)23(45-24)14-25(39)33-30(15-26(40)32-22)7-9-36(10-8-30)19-5-11-44-12-6-19/h1-4,17,19,22-24,27-28,38,41-42H,5-16H2,(H,31,43)(H,32,40)(H,33,39)/t22-,23+,24-,27?,28?/m1/s1. The summed E-state index contributed by atoms with van der Waals surface area (Å²) in [6, 6.07) is 5.72. The average Bonchev–Trinajstić information content (AvgIpc) is 3.60. The number of ether oxygens (including phenoxy) is 2. The van der Waals surface area contributed by atoms with E-state index in [4.69, 9.17) is 9.47 Å². The van der Waals surface area contributed by atoms with E-state index in [1.807, 2.05) is 0 Å². The number of aliphatic hydroxyl groups is 2. The van der Waals surface area contributed by atoms with Crippen LogP contribution in [0, 0.1) is 0 Å². The van der Waals surface area contributed by atoms with Crippen LogP contribution < -0.4 is 16.0 Å². The Morgan fingerprint density at radius 1 is 0.978 bits per heavy atom. The first-order chi connectivity index (χ1) is 21.7. The maximum atomic E-state index is 13.6. The first-order valence-electron chi connectivity index (χ1n) is 15.6. The first-order valence-corrected chi connectivity index (χ1v) is 15.6. The highest BCUT2D eigenvalue weighted by Crippen LogP contribution is 2.31. The lowest BCUT2D eigenvalue weighted by Gasteiger charge is -2.45. The highest BCUT2D eigenvalue weighted by molar-refractivity contribution is 5.88. The van der Waals surface area contributed by atoms with Crippen molar-refractivity contribution in [1.82, 2.24) is 35.8 Å². The zero-order valence-corrected chi connectivity index (χ0v) is 25.0. The predicted octanol–water partition coefficient (Wildman–Crippen LogP) is -1.47. The average molecular weight is 628 g/mol. The third-order valence-electron chi connectivity index (χ3n) is 9.41. The SMILES string of the molecule is O=C1CC2(CCN(C3CCOCC3)CC2)NC(=O)C[C@@H]2O[C@H](CNC(=O)[C@@H](Cc3cn(-c4ccc(O)cc4)nn3)N1)C(O)C2O. The molecule has 244 valence electrons. The second-order valence-electron chi connectivity index (χ2n) is 12.5. The van der Waals surface area contributed by atoms with Gasteiger partial charge in [0, 0.05) is 51.7 Å². The molecule has 6 rings (SSSR count). The van der Waals surface area contributed by atoms with Crippen molar-refractivity contribution in [3.05, 3.63) is 36.2 Å². The molecule has 3 amide bonds. The Balaban J connectivity index is 1.21. The molecule has 45 heavy (non-hydrogen) atoms. The van der Waals surface area contributed by atoms with Crippen LogP contribution in [-0.2, 0) is 30.3 Å². The van der Waals surface area contributed by atoms with Gasteiger partial charge in [0.15, 0.2) is 0 Å². The van der Waals surface area contributed by atoms with Gasteiger partial charge in [-0.2, -0.15) is 0 Å². The molecule has 4 saturated heterocycles. The van der Waals surface area contributed by atoms with Gasteiger partial charge in [0.2, 0.25) is 17.7 Å². The number of benzene rings is 1. The number of phenols is 1. The van der Waals surface area contributed by atoms with Gasteiger partial charge in [0.25, 0.3) is 0 Å². The summed E-state index contributed by atoms with van der Waals surface area (Å²) < 4.78 is 12.8. The van der Waals surface area contributed by atoms with E-state index in [1.54, 1.807) is 18.3 Å². The van der Waals surface area contributed by atoms with Gasteiger partial charge in [-0.25, -0.2) is 4.68 Å². The molecule has 4 aliphatic heterocycles. The van der Waals surface area contributed by atoms with Gasteiger partial charge >= 0.3 is 0 Å². The van der Waals surface area contributed by atoms with Crippen LogP contribution in [0.2, 0.25) is 0 Å². The van der Waals surface area contributed by atoms with Crippen LogP contribution in [0.4, 0.5) is 0 Å². The van der Waals surface area contributed by atoms with E-state index in [9.17, 15) is 29.7 Å². The number of aromatic hydroxyl groups is 1. The minimum absolute atomic E-state index is 0.0197. The molecule has 5 heterocycles. The van der Waals surface area contributed by atoms with Gasteiger partial charge in [0.1, 0.15) is 30.1 Å². The lowest BCUT2D eigenvalue weighted by atomic mass is 9.82. The zero-order chi connectivity index (χ0) is 31.6. The summed E-state index contributed by atoms with van der Waals surface area (Å²) in [6.07, 6.45) is -0.135. The minimum Gasteiger partial charge on any atom is -0.508 e. The number of nitrogens with one attached hydrogen (secondary N) is 3. The van der Waals surface area contributed by atoms with Crippen molar-refractivity contribution in [2.75, 3.05) is 32.8 Å². The summed E-state index contributed by atoms with van der Waals surface area (Å²) in [7, 11) is 0. The summed E-state index contributed by atoms with van der Waals surface area (Å²) in [5, 5.41) is 47.8. The highest BCUT2D eigenvalue weighted by atomic mass is 16.5. The second-order valence-corrected chi connectivity index (χ2v) is 12.5. The highest BCUT2D eigenvalue weighted by Gasteiger charge is 2.46. The molecule has 2 bridgehead atoms. The number of aliphatic hydroxyl groups excluding tert-OH is 2. The number of likely N-dealkylation sites (tertiary alicyclic amines) is 1. The van der Waals surface area contributed by atoms with Crippen LogP contribution in [0.15, 0.2) is 30.5 Å². The minimum atomic E-state index is -1.31. The van der Waals surface area contributed by atoms with Crippen LogP contribution in [0.3, 0.4) is 0 Å². The van der Waals surface area contributed by atoms with Crippen molar-refractivity contribution in [3.63, 3.8) is 0 Å². The molecule has 0 radical (unpaired) electrons. The first kappa shape index (κ1) is 31.4. The van der Waals surface area contributed by atoms with Crippen LogP contribution >= 0.6 is 0 Å².